The molecule has 2 fully saturated rings. The van der Waals surface area contributed by atoms with Crippen molar-refractivity contribution in [3.63, 3.8) is 0 Å². The largest absolute Gasteiger partial charge is 0.446 e. The van der Waals surface area contributed by atoms with Gasteiger partial charge in [-0.3, -0.25) is 9.80 Å². The first-order valence-corrected chi connectivity index (χ1v) is 15.0. The molecule has 2 rings (SSSR count). The summed E-state index contributed by atoms with van der Waals surface area (Å²) < 4.78 is 27.4. The van der Waals surface area contributed by atoms with Gasteiger partial charge in [0.05, 0.1) is 59.3 Å². The number of nitrogens with two attached hydrogens (primary N) is 1. The van der Waals surface area contributed by atoms with Crippen LogP contribution in [0.3, 0.4) is 0 Å². The monoisotopic (exact) mass is 543 g/mol. The van der Waals surface area contributed by atoms with Crippen LogP contribution in [-0.4, -0.2) is 89.1 Å². The molecule has 0 aromatic rings. The van der Waals surface area contributed by atoms with Gasteiger partial charge in [0.25, 0.3) is 0 Å². The van der Waals surface area contributed by atoms with Crippen LogP contribution in [0.4, 0.5) is 4.79 Å². The van der Waals surface area contributed by atoms with E-state index in [1.165, 1.54) is 56.4 Å². The molecule has 2 aliphatic rings. The Labute approximate surface area is 229 Å². The van der Waals surface area contributed by atoms with Crippen LogP contribution in [0.1, 0.15) is 89.9 Å². The van der Waals surface area contributed by atoms with Crippen molar-refractivity contribution in [2.75, 3.05) is 65.9 Å². The van der Waals surface area contributed by atoms with Gasteiger partial charge >= 0.3 is 6.09 Å². The van der Waals surface area contributed by atoms with Crippen molar-refractivity contribution in [2.24, 2.45) is 11.8 Å². The second-order valence-corrected chi connectivity index (χ2v) is 10.4. The average Bonchev–Trinajstić information content (AvgIpc) is 3.41. The Balaban J connectivity index is 1.27. The topological polar surface area (TPSA) is 122 Å². The summed E-state index contributed by atoms with van der Waals surface area (Å²) in [6, 6.07) is 0. The van der Waals surface area contributed by atoms with E-state index in [2.05, 4.69) is 5.32 Å². The Hall–Kier alpha value is -1.46. The van der Waals surface area contributed by atoms with Crippen LogP contribution in [0.5, 0.6) is 0 Å². The molecule has 0 aliphatic heterocycles. The van der Waals surface area contributed by atoms with Crippen LogP contribution >= 0.6 is 0 Å². The standard InChI is InChI=1S/C28H53N3O7/c29-31(16-8-11-25-9-6-7-10-25)27(32)14-17-34-19-21-36-23-24-37-22-20-35-18-15-30-28(33)38-26-12-4-2-1-3-5-13-26/h25-26H,1-24,29H2,(H,30,33). The molecule has 2 amide bonds. The SMILES string of the molecule is NN(CCCC1CCCC1)C(=O)CCOCCOCCOCCOCCNC(=O)OC1CCCCCCC1. The number of hydrogen-bond donors (Lipinski definition) is 2. The Kier molecular flexibility index (Phi) is 19.3. The third-order valence-corrected chi connectivity index (χ3v) is 7.22. The number of ether oxygens (including phenoxy) is 5. The van der Waals surface area contributed by atoms with Crippen molar-refractivity contribution < 1.29 is 33.3 Å². The minimum absolute atomic E-state index is 0.0465. The van der Waals surface area contributed by atoms with Crippen LogP contribution in [0, 0.1) is 5.92 Å². The van der Waals surface area contributed by atoms with Crippen molar-refractivity contribution in [1.82, 2.24) is 10.3 Å². The molecule has 10 heteroatoms. The molecule has 3 N–H and O–H groups in total. The second-order valence-electron chi connectivity index (χ2n) is 10.4. The fourth-order valence-corrected chi connectivity index (χ4v) is 4.99. The van der Waals surface area contributed by atoms with Crippen LogP contribution in [0.15, 0.2) is 0 Å². The van der Waals surface area contributed by atoms with Crippen LogP contribution in [0.2, 0.25) is 0 Å². The maximum Gasteiger partial charge on any atom is 0.407 e. The molecular formula is C28H53N3O7. The molecule has 2 saturated carbocycles. The summed E-state index contributed by atoms with van der Waals surface area (Å²) in [7, 11) is 0. The molecule has 0 bridgehead atoms. The summed E-state index contributed by atoms with van der Waals surface area (Å²) >= 11 is 0. The number of alkyl carbamates (subject to hydrolysis) is 1. The van der Waals surface area contributed by atoms with Gasteiger partial charge in [0, 0.05) is 13.1 Å². The molecule has 0 radical (unpaired) electrons. The quantitative estimate of drug-likeness (QED) is 0.102. The van der Waals surface area contributed by atoms with Gasteiger partial charge in [0.2, 0.25) is 5.91 Å². The van der Waals surface area contributed by atoms with Gasteiger partial charge in [-0.25, -0.2) is 10.6 Å². The fourth-order valence-electron chi connectivity index (χ4n) is 4.99. The van der Waals surface area contributed by atoms with E-state index in [-0.39, 0.29) is 18.1 Å². The van der Waals surface area contributed by atoms with Gasteiger partial charge in [-0.1, -0.05) is 44.9 Å². The van der Waals surface area contributed by atoms with E-state index < -0.39 is 0 Å². The molecular weight excluding hydrogens is 490 g/mol. The molecule has 38 heavy (non-hydrogen) atoms. The lowest BCUT2D eigenvalue weighted by atomic mass is 9.99. The van der Waals surface area contributed by atoms with Crippen molar-refractivity contribution in [3.05, 3.63) is 0 Å². The lowest BCUT2D eigenvalue weighted by Gasteiger charge is -2.20. The number of hydrazine groups is 1. The summed E-state index contributed by atoms with van der Waals surface area (Å²) in [5, 5.41) is 4.08. The summed E-state index contributed by atoms with van der Waals surface area (Å²) in [6.07, 6.45) is 15.4. The number of rotatable bonds is 20. The molecule has 0 heterocycles. The highest BCUT2D eigenvalue weighted by molar-refractivity contribution is 5.75. The lowest BCUT2D eigenvalue weighted by Crippen LogP contribution is -2.38. The number of nitrogens with one attached hydrogen (secondary N) is 1. The first kappa shape index (κ1) is 32.8. The predicted octanol–water partition coefficient (Wildman–Crippen LogP) is 3.95. The number of carbonyl (C=O) groups is 2. The third kappa shape index (κ3) is 17.2. The van der Waals surface area contributed by atoms with Crippen molar-refractivity contribution >= 4 is 12.0 Å². The predicted molar refractivity (Wildman–Crippen MR) is 146 cm³/mol. The maximum absolute atomic E-state index is 12.1. The lowest BCUT2D eigenvalue weighted by molar-refractivity contribution is -0.132. The van der Waals surface area contributed by atoms with Crippen molar-refractivity contribution in [3.8, 4) is 0 Å². The number of nitrogens with zero attached hydrogens (tertiary/aromatic N) is 1. The van der Waals surface area contributed by atoms with Gasteiger partial charge in [-0.15, -0.1) is 0 Å². The first-order chi connectivity index (χ1) is 18.6. The van der Waals surface area contributed by atoms with Gasteiger partial charge in [0.15, 0.2) is 0 Å². The minimum Gasteiger partial charge on any atom is -0.446 e. The smallest absolute Gasteiger partial charge is 0.407 e. The normalized spacial score (nSPS) is 17.2. The van der Waals surface area contributed by atoms with Gasteiger partial charge in [-0.2, -0.15) is 0 Å². The molecule has 0 atom stereocenters. The van der Waals surface area contributed by atoms with E-state index in [4.69, 9.17) is 29.5 Å². The fraction of sp³-hybridized carbons (Fsp3) is 0.929. The zero-order valence-corrected chi connectivity index (χ0v) is 23.5. The third-order valence-electron chi connectivity index (χ3n) is 7.22. The van der Waals surface area contributed by atoms with E-state index in [9.17, 15) is 9.59 Å². The highest BCUT2D eigenvalue weighted by atomic mass is 16.6. The molecule has 0 aromatic heterocycles. The van der Waals surface area contributed by atoms with E-state index in [0.717, 1.165) is 38.0 Å². The molecule has 2 aliphatic carbocycles. The summed E-state index contributed by atoms with van der Waals surface area (Å²) in [5.74, 6) is 6.62. The Bertz CT molecular complexity index is 597. The summed E-state index contributed by atoms with van der Waals surface area (Å²) in [6.45, 7) is 4.54. The van der Waals surface area contributed by atoms with Crippen LogP contribution < -0.4 is 11.2 Å². The molecule has 0 unspecified atom stereocenters. The van der Waals surface area contributed by atoms with Crippen LogP contribution in [-0.2, 0) is 28.5 Å². The van der Waals surface area contributed by atoms with Crippen LogP contribution in [0.25, 0.3) is 0 Å². The Morgan fingerprint density at radius 2 is 1.24 bits per heavy atom. The number of amides is 2. The first-order valence-electron chi connectivity index (χ1n) is 15.0. The highest BCUT2D eigenvalue weighted by Crippen LogP contribution is 2.28. The Morgan fingerprint density at radius 3 is 1.87 bits per heavy atom. The highest BCUT2D eigenvalue weighted by Gasteiger charge is 2.16. The minimum atomic E-state index is -0.353. The van der Waals surface area contributed by atoms with Gasteiger partial charge in [-0.05, 0) is 44.4 Å². The number of carbonyl (C=O) groups excluding carboxylic acids is 2. The molecule has 0 spiro atoms. The molecule has 0 saturated heterocycles. The van der Waals surface area contributed by atoms with E-state index in [1.807, 2.05) is 0 Å². The molecule has 10 nitrogen and oxygen atoms in total. The average molecular weight is 544 g/mol. The second kappa shape index (κ2) is 22.4. The van der Waals surface area contributed by atoms with E-state index in [1.54, 1.807) is 0 Å². The van der Waals surface area contributed by atoms with Crippen molar-refractivity contribution in [1.29, 1.82) is 0 Å². The summed E-state index contributed by atoms with van der Waals surface area (Å²) in [4.78, 5) is 24.0. The maximum atomic E-state index is 12.1. The number of hydrogen-bond acceptors (Lipinski definition) is 8. The van der Waals surface area contributed by atoms with E-state index >= 15 is 0 Å². The zero-order valence-electron chi connectivity index (χ0n) is 23.5. The van der Waals surface area contributed by atoms with Crippen molar-refractivity contribution in [2.45, 2.75) is 96.0 Å². The summed E-state index contributed by atoms with van der Waals surface area (Å²) in [5.41, 5.74) is 0. The Morgan fingerprint density at radius 1 is 0.711 bits per heavy atom. The molecule has 0 aromatic carbocycles. The van der Waals surface area contributed by atoms with Gasteiger partial charge < -0.3 is 29.0 Å². The van der Waals surface area contributed by atoms with E-state index in [0.29, 0.717) is 72.4 Å². The molecule has 222 valence electrons. The van der Waals surface area contributed by atoms with Gasteiger partial charge in [0.1, 0.15) is 6.10 Å². The zero-order chi connectivity index (χ0) is 27.1.